The largest absolute Gasteiger partial charge is 0.505 e. The van der Waals surface area contributed by atoms with Crippen molar-refractivity contribution in [3.63, 3.8) is 0 Å². The van der Waals surface area contributed by atoms with Crippen LogP contribution in [-0.4, -0.2) is 38.6 Å². The van der Waals surface area contributed by atoms with Crippen LogP contribution in [0.1, 0.15) is 5.56 Å². The molecule has 1 rings (SSSR count). The monoisotopic (exact) mass is 243 g/mol. The Bertz CT molecular complexity index is 347. The topological polar surface area (TPSA) is 50.7 Å². The number of ether oxygens (including phenoxy) is 2. The standard InChI is InChI=1S/C12H18FNO3/c1-16-8-10(17-2)7-14-6-9-3-4-12(15)11(13)5-9/h3-5,10,14-15H,6-8H2,1-2H3. The number of benzene rings is 1. The first-order chi connectivity index (χ1) is 8.17. The third kappa shape index (κ3) is 4.68. The number of methoxy groups -OCH3 is 2. The highest BCUT2D eigenvalue weighted by Crippen LogP contribution is 2.15. The fraction of sp³-hybridized carbons (Fsp3) is 0.500. The summed E-state index contributed by atoms with van der Waals surface area (Å²) in [5.74, 6) is -0.938. The average Bonchev–Trinajstić information content (AvgIpc) is 2.32. The Morgan fingerprint density at radius 2 is 2.18 bits per heavy atom. The lowest BCUT2D eigenvalue weighted by Crippen LogP contribution is -2.31. The first-order valence-corrected chi connectivity index (χ1v) is 5.37. The van der Waals surface area contributed by atoms with E-state index in [2.05, 4.69) is 5.32 Å². The van der Waals surface area contributed by atoms with E-state index in [1.165, 1.54) is 12.1 Å². The van der Waals surface area contributed by atoms with Gasteiger partial charge >= 0.3 is 0 Å². The van der Waals surface area contributed by atoms with Crippen LogP contribution in [0.3, 0.4) is 0 Å². The molecule has 0 radical (unpaired) electrons. The second-order valence-electron chi connectivity index (χ2n) is 3.73. The molecule has 1 aromatic rings. The molecule has 0 aromatic heterocycles. The van der Waals surface area contributed by atoms with Gasteiger partial charge in [-0.25, -0.2) is 4.39 Å². The Hall–Kier alpha value is -1.17. The van der Waals surface area contributed by atoms with Gasteiger partial charge < -0.3 is 19.9 Å². The van der Waals surface area contributed by atoms with Gasteiger partial charge in [-0.05, 0) is 17.7 Å². The normalized spacial score (nSPS) is 12.6. The molecule has 1 unspecified atom stereocenters. The summed E-state index contributed by atoms with van der Waals surface area (Å²) in [6.45, 7) is 1.64. The Labute approximate surface area is 100 Å². The van der Waals surface area contributed by atoms with Crippen LogP contribution in [0, 0.1) is 5.82 Å². The Morgan fingerprint density at radius 3 is 2.76 bits per heavy atom. The number of phenols is 1. The van der Waals surface area contributed by atoms with E-state index in [1.807, 2.05) is 0 Å². The Balaban J connectivity index is 2.37. The van der Waals surface area contributed by atoms with E-state index < -0.39 is 5.82 Å². The minimum Gasteiger partial charge on any atom is -0.505 e. The van der Waals surface area contributed by atoms with Crippen molar-refractivity contribution in [3.8, 4) is 5.75 Å². The van der Waals surface area contributed by atoms with Crippen molar-refractivity contribution in [1.82, 2.24) is 5.32 Å². The van der Waals surface area contributed by atoms with E-state index in [9.17, 15) is 4.39 Å². The molecule has 96 valence electrons. The molecule has 5 heteroatoms. The van der Waals surface area contributed by atoms with Crippen molar-refractivity contribution in [3.05, 3.63) is 29.6 Å². The Morgan fingerprint density at radius 1 is 1.41 bits per heavy atom. The predicted molar refractivity (Wildman–Crippen MR) is 62.4 cm³/mol. The van der Waals surface area contributed by atoms with Gasteiger partial charge in [0.25, 0.3) is 0 Å². The summed E-state index contributed by atoms with van der Waals surface area (Å²) in [5.41, 5.74) is 0.771. The lowest BCUT2D eigenvalue weighted by molar-refractivity contribution is 0.0288. The highest BCUT2D eigenvalue weighted by atomic mass is 19.1. The summed E-state index contributed by atoms with van der Waals surface area (Å²) < 4.78 is 23.2. The minimum absolute atomic E-state index is 0.0260. The van der Waals surface area contributed by atoms with E-state index in [0.29, 0.717) is 19.7 Å². The lowest BCUT2D eigenvalue weighted by Gasteiger charge is -2.15. The van der Waals surface area contributed by atoms with Crippen LogP contribution in [0.5, 0.6) is 5.75 Å². The third-order valence-electron chi connectivity index (χ3n) is 2.40. The van der Waals surface area contributed by atoms with E-state index >= 15 is 0 Å². The van der Waals surface area contributed by atoms with Crippen molar-refractivity contribution >= 4 is 0 Å². The van der Waals surface area contributed by atoms with Crippen molar-refractivity contribution in [2.45, 2.75) is 12.6 Å². The molecular weight excluding hydrogens is 225 g/mol. The molecule has 0 saturated carbocycles. The fourth-order valence-corrected chi connectivity index (χ4v) is 1.43. The molecule has 1 atom stereocenters. The first kappa shape index (κ1) is 13.9. The second kappa shape index (κ2) is 7.21. The van der Waals surface area contributed by atoms with Gasteiger partial charge in [0, 0.05) is 27.3 Å². The van der Waals surface area contributed by atoms with Crippen LogP contribution in [-0.2, 0) is 16.0 Å². The third-order valence-corrected chi connectivity index (χ3v) is 2.40. The van der Waals surface area contributed by atoms with E-state index in [1.54, 1.807) is 20.3 Å². The van der Waals surface area contributed by atoms with Crippen molar-refractivity contribution < 1.29 is 19.0 Å². The number of hydrogen-bond acceptors (Lipinski definition) is 4. The molecule has 4 nitrogen and oxygen atoms in total. The lowest BCUT2D eigenvalue weighted by atomic mass is 10.2. The molecular formula is C12H18FNO3. The molecule has 0 saturated heterocycles. The summed E-state index contributed by atoms with van der Waals surface area (Å²) in [6.07, 6.45) is -0.0260. The molecule has 0 aliphatic carbocycles. The Kier molecular flexibility index (Phi) is 5.90. The van der Waals surface area contributed by atoms with Gasteiger partial charge in [-0.1, -0.05) is 6.07 Å². The van der Waals surface area contributed by atoms with Gasteiger partial charge in [-0.15, -0.1) is 0 Å². The molecule has 2 N–H and O–H groups in total. The molecule has 1 aromatic carbocycles. The highest BCUT2D eigenvalue weighted by Gasteiger charge is 2.06. The van der Waals surface area contributed by atoms with Crippen LogP contribution < -0.4 is 5.32 Å². The number of rotatable bonds is 7. The molecule has 0 aliphatic rings. The van der Waals surface area contributed by atoms with Crippen LogP contribution in [0.15, 0.2) is 18.2 Å². The molecule has 0 aliphatic heterocycles. The first-order valence-electron chi connectivity index (χ1n) is 5.37. The van der Waals surface area contributed by atoms with Gasteiger partial charge in [0.1, 0.15) is 0 Å². The summed E-state index contributed by atoms with van der Waals surface area (Å²) in [5, 5.41) is 12.2. The summed E-state index contributed by atoms with van der Waals surface area (Å²) in [4.78, 5) is 0. The summed E-state index contributed by atoms with van der Waals surface area (Å²) >= 11 is 0. The fourth-order valence-electron chi connectivity index (χ4n) is 1.43. The van der Waals surface area contributed by atoms with E-state index in [4.69, 9.17) is 14.6 Å². The maximum Gasteiger partial charge on any atom is 0.165 e. The number of hydrogen-bond donors (Lipinski definition) is 2. The van der Waals surface area contributed by atoms with Crippen LogP contribution in [0.25, 0.3) is 0 Å². The zero-order valence-corrected chi connectivity index (χ0v) is 10.1. The molecule has 17 heavy (non-hydrogen) atoms. The van der Waals surface area contributed by atoms with Gasteiger partial charge in [-0.2, -0.15) is 0 Å². The van der Waals surface area contributed by atoms with E-state index in [-0.39, 0.29) is 11.9 Å². The van der Waals surface area contributed by atoms with Gasteiger partial charge in [-0.3, -0.25) is 0 Å². The van der Waals surface area contributed by atoms with Crippen molar-refractivity contribution in [2.75, 3.05) is 27.4 Å². The van der Waals surface area contributed by atoms with Crippen LogP contribution in [0.2, 0.25) is 0 Å². The molecule has 0 heterocycles. The summed E-state index contributed by atoms with van der Waals surface area (Å²) in [7, 11) is 3.23. The SMILES string of the molecule is COCC(CNCc1ccc(O)c(F)c1)OC. The molecule has 0 fully saturated rings. The maximum absolute atomic E-state index is 13.0. The number of nitrogens with one attached hydrogen (secondary N) is 1. The van der Waals surface area contributed by atoms with Crippen molar-refractivity contribution in [2.24, 2.45) is 0 Å². The summed E-state index contributed by atoms with van der Waals surface area (Å²) in [6, 6.07) is 4.32. The number of halogens is 1. The molecule has 0 amide bonds. The number of phenolic OH excluding ortho intramolecular Hbond substituents is 1. The zero-order valence-electron chi connectivity index (χ0n) is 10.1. The smallest absolute Gasteiger partial charge is 0.165 e. The molecule has 0 bridgehead atoms. The molecule has 0 spiro atoms. The number of aromatic hydroxyl groups is 1. The van der Waals surface area contributed by atoms with Gasteiger partial charge in [0.15, 0.2) is 11.6 Å². The van der Waals surface area contributed by atoms with Crippen LogP contribution >= 0.6 is 0 Å². The second-order valence-corrected chi connectivity index (χ2v) is 3.73. The maximum atomic E-state index is 13.0. The van der Waals surface area contributed by atoms with Gasteiger partial charge in [0.05, 0.1) is 12.7 Å². The van der Waals surface area contributed by atoms with Crippen molar-refractivity contribution in [1.29, 1.82) is 0 Å². The minimum atomic E-state index is -0.607. The zero-order chi connectivity index (χ0) is 12.7. The predicted octanol–water partition coefficient (Wildman–Crippen LogP) is 1.28. The highest BCUT2D eigenvalue weighted by molar-refractivity contribution is 5.27. The van der Waals surface area contributed by atoms with Gasteiger partial charge in [0.2, 0.25) is 0 Å². The van der Waals surface area contributed by atoms with E-state index in [0.717, 1.165) is 5.56 Å². The average molecular weight is 243 g/mol. The van der Waals surface area contributed by atoms with Crippen LogP contribution in [0.4, 0.5) is 4.39 Å². The quantitative estimate of drug-likeness (QED) is 0.757.